The van der Waals surface area contributed by atoms with Gasteiger partial charge in [-0.15, -0.1) is 0 Å². The molecule has 3 aliphatic rings. The van der Waals surface area contributed by atoms with E-state index in [0.717, 1.165) is 0 Å². The molecule has 0 aromatic rings. The van der Waals surface area contributed by atoms with E-state index in [9.17, 15) is 88.4 Å². The fraction of sp³-hybridized carbons (Fsp3) is 0.733. The number of carbonyl (C=O) groups excluding carboxylic acids is 4. The van der Waals surface area contributed by atoms with Gasteiger partial charge in [-0.05, 0) is 0 Å². The molecule has 0 bridgehead atoms. The highest BCUT2D eigenvalue weighted by molar-refractivity contribution is 5.72. The Labute approximate surface area is 396 Å². The third-order valence-electron chi connectivity index (χ3n) is 8.58. The number of carboxylic acids is 4. The molecule has 15 atom stereocenters. The van der Waals surface area contributed by atoms with Gasteiger partial charge in [0.15, 0.2) is 12.6 Å². The quantitative estimate of drug-likeness (QED) is 0.0549. The molecule has 2 saturated heterocycles. The van der Waals surface area contributed by atoms with E-state index in [4.69, 9.17) is 104 Å². The van der Waals surface area contributed by atoms with E-state index in [1.165, 1.54) is 0 Å². The van der Waals surface area contributed by atoms with Crippen molar-refractivity contribution in [2.75, 3.05) is 13.2 Å². The number of nitrogens with one attached hydrogen (secondary N) is 4. The molecule has 2 heterocycles. The molecule has 43 heteroatoms. The Morgan fingerprint density at radius 2 is 0.795 bits per heavy atom. The van der Waals surface area contributed by atoms with Gasteiger partial charge in [0.1, 0.15) is 103 Å². The number of rotatable bonds is 10. The molecule has 2 aliphatic heterocycles. The van der Waals surface area contributed by atoms with Crippen molar-refractivity contribution >= 4 is 47.7 Å². The number of nitrogens with two attached hydrogens (primary N) is 8. The van der Waals surface area contributed by atoms with Crippen LogP contribution >= 0.6 is 0 Å². The Morgan fingerprint density at radius 1 is 0.479 bits per heavy atom. The Bertz CT molecular complexity index is 1810. The van der Waals surface area contributed by atoms with Gasteiger partial charge in [-0.3, -0.25) is 65.8 Å². The monoisotopic (exact) mass is 1110 g/mol. The number of halogens is 12. The molecule has 31 nitrogen and oxygen atoms in total. The van der Waals surface area contributed by atoms with E-state index < -0.39 is 147 Å². The molecule has 3 rings (SSSR count). The second kappa shape index (κ2) is 28.8. The highest BCUT2D eigenvalue weighted by atomic mass is 19.4. The lowest BCUT2D eigenvalue weighted by atomic mass is 9.83. The molecular weight excluding hydrogens is 1060 g/mol. The van der Waals surface area contributed by atoms with Gasteiger partial charge < -0.3 is 94.3 Å². The average Bonchev–Trinajstić information content (AvgIpc) is 3.21. The molecule has 3 fully saturated rings. The van der Waals surface area contributed by atoms with Crippen LogP contribution in [0.5, 0.6) is 0 Å². The number of guanidine groups is 4. The van der Waals surface area contributed by atoms with E-state index >= 15 is 0 Å². The first-order valence-corrected chi connectivity index (χ1v) is 18.8. The van der Waals surface area contributed by atoms with Crippen LogP contribution in [0.2, 0.25) is 0 Å². The highest BCUT2D eigenvalue weighted by Gasteiger charge is 2.54. The number of ether oxygens (including phenoxy) is 4. The van der Waals surface area contributed by atoms with Crippen molar-refractivity contribution < 1.29 is 167 Å². The van der Waals surface area contributed by atoms with Crippen LogP contribution in [0.4, 0.5) is 52.7 Å². The Morgan fingerprint density at radius 3 is 1.08 bits per heavy atom. The summed E-state index contributed by atoms with van der Waals surface area (Å²) in [7, 11) is 0. The first-order chi connectivity index (χ1) is 32.8. The van der Waals surface area contributed by atoms with Crippen molar-refractivity contribution in [1.29, 1.82) is 0 Å². The van der Waals surface area contributed by atoms with Crippen LogP contribution in [-0.2, 0) is 38.1 Å². The molecule has 0 unspecified atom stereocenters. The number of aliphatic hydroxyl groups excluding tert-OH is 7. The summed E-state index contributed by atoms with van der Waals surface area (Å²) in [5, 5.41) is 110. The summed E-state index contributed by atoms with van der Waals surface area (Å²) in [4.78, 5) is 45.7. The number of hydrogen-bond donors (Lipinski definition) is 19. The molecular formula is C30H48F12N12O19. The fourth-order valence-corrected chi connectivity index (χ4v) is 5.55. The Balaban J connectivity index is 0. The zero-order valence-corrected chi connectivity index (χ0v) is 36.0. The molecule has 0 radical (unpaired) electrons. The smallest absolute Gasteiger partial charge is 0.430 e. The third kappa shape index (κ3) is 24.3. The number of alkyl halides is 12. The van der Waals surface area contributed by atoms with E-state index in [-0.39, 0.29) is 36.8 Å². The number of aliphatic carboxylic acids is 4. The van der Waals surface area contributed by atoms with Gasteiger partial charge in [0.2, 0.25) is 0 Å². The van der Waals surface area contributed by atoms with Gasteiger partial charge in [-0.25, -0.2) is 0 Å². The van der Waals surface area contributed by atoms with Gasteiger partial charge in [0, 0.05) is 6.42 Å². The number of aliphatic hydroxyl groups is 7. The molecule has 0 aromatic heterocycles. The second-order valence-electron chi connectivity index (χ2n) is 14.2. The van der Waals surface area contributed by atoms with Gasteiger partial charge in [-0.1, -0.05) is 0 Å². The summed E-state index contributed by atoms with van der Waals surface area (Å²) >= 11 is 0. The summed E-state index contributed by atoms with van der Waals surface area (Å²) < 4.78 is 149. The predicted octanol–water partition coefficient (Wildman–Crippen LogP) is -20.5. The first kappa shape index (κ1) is 68.8. The minimum Gasteiger partial charge on any atom is -0.542 e. The average molecular weight is 1110 g/mol. The molecule has 0 aromatic carbocycles. The zero-order valence-electron chi connectivity index (χ0n) is 36.0. The van der Waals surface area contributed by atoms with E-state index in [2.05, 4.69) is 20.0 Å². The Kier molecular flexibility index (Phi) is 27.1. The normalized spacial score (nSPS) is 30.1. The van der Waals surface area contributed by atoms with Crippen molar-refractivity contribution in [2.24, 2.45) is 45.9 Å². The minimum atomic E-state index is -5.19. The maximum atomic E-state index is 11.7. The van der Waals surface area contributed by atoms with Crippen LogP contribution in [0.3, 0.4) is 0 Å². The molecule has 0 spiro atoms. The van der Waals surface area contributed by atoms with Gasteiger partial charge in [0.25, 0.3) is 0 Å². The zero-order chi connectivity index (χ0) is 58.1. The van der Waals surface area contributed by atoms with Gasteiger partial charge in [0.05, 0.1) is 13.2 Å². The lowest BCUT2D eigenvalue weighted by molar-refractivity contribution is -0.587. The number of carboxylic acid groups (broad SMARTS) is 4. The Hall–Kier alpha value is -6.32. The van der Waals surface area contributed by atoms with Gasteiger partial charge >= 0.3 is 48.5 Å². The van der Waals surface area contributed by atoms with Crippen LogP contribution < -0.4 is 86.3 Å². The van der Waals surface area contributed by atoms with Crippen molar-refractivity contribution in [3.63, 3.8) is 0 Å². The summed E-state index contributed by atoms with van der Waals surface area (Å²) in [5.41, 5.74) is 44.6. The largest absolute Gasteiger partial charge is 0.542 e. The first-order valence-electron chi connectivity index (χ1n) is 18.8. The summed E-state index contributed by atoms with van der Waals surface area (Å²) in [6, 6.07) is -3.20. The van der Waals surface area contributed by atoms with Crippen molar-refractivity contribution in [1.82, 2.24) is 0 Å². The number of hydrogen-bond acceptors (Lipinski definition) is 19. The summed E-state index contributed by atoms with van der Waals surface area (Å²) in [6.45, 7) is -0.892. The SMILES string of the molecule is NC(N)=[NH+]C[C@H]1O[C@H](O[C@H]2[C@H](O)[C@@H](O[C@H]3O[C@H](CO)[C@@H](O)[C@H]([NH+]=C(N)N)[C@H]3O)[C@H]([NH+]=C(N)N)C[C@@H]2[NH+]=C(N)N)[C@H](O)[C@@H](O)[C@@H]1O.O=C([O-])C(F)(F)F.O=C([O-])C(F)(F)F.O=C([O-])C(F)(F)F.O=C([O-])C(F)(F)F. The number of carbonyl (C=O) groups is 4. The molecule has 426 valence electrons. The van der Waals surface area contributed by atoms with E-state index in [0.29, 0.717) is 0 Å². The fourth-order valence-electron chi connectivity index (χ4n) is 5.55. The maximum Gasteiger partial charge on any atom is 0.430 e. The van der Waals surface area contributed by atoms with Crippen molar-refractivity contribution in [3.05, 3.63) is 0 Å². The predicted molar refractivity (Wildman–Crippen MR) is 193 cm³/mol. The third-order valence-corrected chi connectivity index (χ3v) is 8.58. The minimum absolute atomic E-state index is 0.0556. The van der Waals surface area contributed by atoms with Crippen LogP contribution in [0.15, 0.2) is 0 Å². The van der Waals surface area contributed by atoms with Crippen LogP contribution in [0.1, 0.15) is 6.42 Å². The summed E-state index contributed by atoms with van der Waals surface area (Å²) in [6.07, 6.45) is -39.4. The van der Waals surface area contributed by atoms with E-state index in [1.807, 2.05) is 0 Å². The standard InChI is InChI=1S/C22H44N12O11.4C2HF3O2/c23-19(24)31-2-6-10(37)12(39)13(40)18(42-6)45-16-5(33-21(27)28)1-4(32-20(25)26)15(14(16)41)44-17-11(38)8(34-22(29)30)9(36)7(3-35)43-17;4*3-2(4,5)1(6)7/h4-18,35-41H,1-3H2,(H4,23,24,31)(H4,25,26,32)(H4,27,28,33)(H4,29,30,34);4*(H,6,7)/t4-,5+,6-,7-,8+,9-,10-,11-,12+,13-,14-,15+,16-,17-,18-;;;;/m1..../s1. The lowest BCUT2D eigenvalue weighted by Gasteiger charge is -2.47. The molecule has 27 N–H and O–H groups in total. The topological polar surface area (TPSA) is 603 Å². The van der Waals surface area contributed by atoms with E-state index in [1.54, 1.807) is 0 Å². The van der Waals surface area contributed by atoms with Crippen LogP contribution in [0, 0.1) is 0 Å². The molecule has 1 saturated carbocycles. The lowest BCUT2D eigenvalue weighted by Crippen LogP contribution is -2.96. The molecule has 1 aliphatic carbocycles. The molecule has 0 amide bonds. The maximum absolute atomic E-state index is 11.7. The van der Waals surface area contributed by atoms with Crippen molar-refractivity contribution in [3.8, 4) is 0 Å². The van der Waals surface area contributed by atoms with Crippen LogP contribution in [0.25, 0.3) is 0 Å². The van der Waals surface area contributed by atoms with Crippen molar-refractivity contribution in [2.45, 2.75) is 123 Å². The summed E-state index contributed by atoms with van der Waals surface area (Å²) in [5.74, 6) is -13.1. The van der Waals surface area contributed by atoms with Gasteiger partial charge in [-0.2, -0.15) is 52.7 Å². The second-order valence-corrected chi connectivity index (χ2v) is 14.2. The van der Waals surface area contributed by atoms with Crippen LogP contribution in [-0.4, -0.2) is 213 Å². The highest BCUT2D eigenvalue weighted by Crippen LogP contribution is 2.30. The molecule has 73 heavy (non-hydrogen) atoms.